The third-order valence-electron chi connectivity index (χ3n) is 6.50. The van der Waals surface area contributed by atoms with Crippen LogP contribution in [0, 0.1) is 0 Å². The number of aryl methyl sites for hydroxylation is 1. The summed E-state index contributed by atoms with van der Waals surface area (Å²) in [4.78, 5) is 31.4. The number of halogens is 1. The average Bonchev–Trinajstić information content (AvgIpc) is 3.35. The molecule has 7 heteroatoms. The number of esters is 1. The lowest BCUT2D eigenvalue weighted by Crippen LogP contribution is -2.30. The minimum absolute atomic E-state index is 0.162. The van der Waals surface area contributed by atoms with Gasteiger partial charge in [-0.15, -0.1) is 0 Å². The van der Waals surface area contributed by atoms with Crippen molar-refractivity contribution in [3.8, 4) is 11.1 Å². The van der Waals surface area contributed by atoms with Gasteiger partial charge in [-0.05, 0) is 70.8 Å². The molecule has 0 saturated heterocycles. The van der Waals surface area contributed by atoms with Crippen LogP contribution in [-0.4, -0.2) is 28.5 Å². The highest BCUT2D eigenvalue weighted by atomic mass is 35.5. The second-order valence-electron chi connectivity index (χ2n) is 9.07. The maximum Gasteiger partial charge on any atom is 0.330 e. The van der Waals surface area contributed by atoms with Gasteiger partial charge in [0.2, 0.25) is 0 Å². The van der Waals surface area contributed by atoms with Crippen LogP contribution in [0.4, 0.5) is 5.69 Å². The number of carbonyl (C=O) groups is 2. The van der Waals surface area contributed by atoms with Crippen molar-refractivity contribution in [2.24, 2.45) is 7.05 Å². The van der Waals surface area contributed by atoms with Gasteiger partial charge in [0.1, 0.15) is 0 Å². The highest BCUT2D eigenvalue weighted by molar-refractivity contribution is 6.31. The number of carbonyl (C=O) groups excluding carboxylic acids is 2. The zero-order valence-corrected chi connectivity index (χ0v) is 22.3. The molecule has 0 fully saturated rings. The maximum absolute atomic E-state index is 13.7. The molecule has 194 valence electrons. The van der Waals surface area contributed by atoms with E-state index in [0.29, 0.717) is 16.3 Å². The number of hydrogen-bond acceptors (Lipinski definition) is 4. The number of rotatable bonds is 7. The Morgan fingerprint density at radius 3 is 2.49 bits per heavy atom. The number of aromatic nitrogens is 2. The fourth-order valence-corrected chi connectivity index (χ4v) is 4.63. The fourth-order valence-electron chi connectivity index (χ4n) is 4.39. The summed E-state index contributed by atoms with van der Waals surface area (Å²) in [6, 6.07) is 28.5. The monoisotopic (exact) mass is 535 g/mol. The van der Waals surface area contributed by atoms with Crippen LogP contribution in [0.3, 0.4) is 0 Å². The normalized spacial score (nSPS) is 11.2. The minimum Gasteiger partial charge on any atom is -0.466 e. The lowest BCUT2D eigenvalue weighted by molar-refractivity contribution is -0.134. The van der Waals surface area contributed by atoms with Gasteiger partial charge in [0.15, 0.2) is 0 Å². The van der Waals surface area contributed by atoms with E-state index in [-0.39, 0.29) is 12.5 Å². The first-order chi connectivity index (χ1) is 18.9. The second-order valence-corrected chi connectivity index (χ2v) is 9.48. The number of ether oxygens (including phenoxy) is 1. The highest BCUT2D eigenvalue weighted by Gasteiger charge is 2.20. The molecule has 39 heavy (non-hydrogen) atoms. The first-order valence-electron chi connectivity index (χ1n) is 12.4. The van der Waals surface area contributed by atoms with E-state index >= 15 is 0 Å². The number of fused-ring (bicyclic) bond motifs is 1. The van der Waals surface area contributed by atoms with Crippen molar-refractivity contribution >= 4 is 46.3 Å². The Bertz CT molecular complexity index is 1690. The van der Waals surface area contributed by atoms with Crippen LogP contribution in [0.1, 0.15) is 21.5 Å². The van der Waals surface area contributed by atoms with Gasteiger partial charge in [-0.25, -0.2) is 9.78 Å². The zero-order chi connectivity index (χ0) is 27.4. The van der Waals surface area contributed by atoms with Gasteiger partial charge in [-0.2, -0.15) is 0 Å². The van der Waals surface area contributed by atoms with Gasteiger partial charge in [0.25, 0.3) is 5.91 Å². The van der Waals surface area contributed by atoms with Crippen molar-refractivity contribution in [1.82, 2.24) is 9.55 Å². The number of nitrogens with zero attached hydrogens (tertiary/aromatic N) is 3. The van der Waals surface area contributed by atoms with Crippen LogP contribution in [0.25, 0.3) is 28.2 Å². The molecule has 0 aliphatic heterocycles. The number of hydrogen-bond donors (Lipinski definition) is 0. The van der Waals surface area contributed by atoms with Crippen molar-refractivity contribution in [3.05, 3.63) is 125 Å². The SMILES string of the molecule is COC(=O)/C=C/c1cccc(N(Cc2ccc(-c3ccc4c(c3)ncn4C)cc2Cl)C(=O)c2ccccc2)c1. The molecule has 1 aromatic heterocycles. The van der Waals surface area contributed by atoms with E-state index in [2.05, 4.69) is 4.98 Å². The van der Waals surface area contributed by atoms with Gasteiger partial charge in [0, 0.05) is 29.4 Å². The Morgan fingerprint density at radius 2 is 1.72 bits per heavy atom. The Labute approximate surface area is 231 Å². The van der Waals surface area contributed by atoms with E-state index in [1.165, 1.54) is 13.2 Å². The van der Waals surface area contributed by atoms with Gasteiger partial charge in [-0.3, -0.25) is 4.79 Å². The summed E-state index contributed by atoms with van der Waals surface area (Å²) >= 11 is 6.80. The van der Waals surface area contributed by atoms with Gasteiger partial charge in [-0.1, -0.05) is 60.1 Å². The molecule has 5 aromatic rings. The zero-order valence-electron chi connectivity index (χ0n) is 21.5. The van der Waals surface area contributed by atoms with Crippen molar-refractivity contribution in [2.45, 2.75) is 6.54 Å². The molecule has 0 atom stereocenters. The molecule has 0 N–H and O–H groups in total. The number of benzene rings is 4. The minimum atomic E-state index is -0.452. The Kier molecular flexibility index (Phi) is 7.57. The van der Waals surface area contributed by atoms with Gasteiger partial charge in [0.05, 0.1) is 31.0 Å². The van der Waals surface area contributed by atoms with Crippen LogP contribution >= 0.6 is 11.6 Å². The maximum atomic E-state index is 13.7. The molecular formula is C32H26ClN3O3. The molecular weight excluding hydrogens is 510 g/mol. The molecule has 5 rings (SSSR count). The molecule has 0 saturated carbocycles. The largest absolute Gasteiger partial charge is 0.466 e. The van der Waals surface area contributed by atoms with Crippen molar-refractivity contribution in [3.63, 3.8) is 0 Å². The molecule has 6 nitrogen and oxygen atoms in total. The smallest absolute Gasteiger partial charge is 0.330 e. The third kappa shape index (κ3) is 5.76. The molecule has 0 aliphatic rings. The van der Waals surface area contributed by atoms with Gasteiger partial charge < -0.3 is 14.2 Å². The standard InChI is InChI=1S/C32H26ClN3O3/c1-35-21-34-29-19-25(14-15-30(29)35)24-12-13-26(28(33)18-24)20-36(32(38)23-8-4-3-5-9-23)27-10-6-7-22(17-27)11-16-31(37)39-2/h3-19,21H,20H2,1-2H3/b16-11+. The van der Waals surface area contributed by atoms with Gasteiger partial charge >= 0.3 is 5.97 Å². The predicted molar refractivity (Wildman–Crippen MR) is 156 cm³/mol. The summed E-state index contributed by atoms with van der Waals surface area (Å²) in [7, 11) is 3.30. The van der Waals surface area contributed by atoms with Crippen molar-refractivity contribution in [1.29, 1.82) is 0 Å². The summed E-state index contributed by atoms with van der Waals surface area (Å²) in [6.07, 6.45) is 4.80. The summed E-state index contributed by atoms with van der Waals surface area (Å²) in [5, 5.41) is 0.557. The molecule has 4 aromatic carbocycles. The van der Waals surface area contributed by atoms with E-state index in [4.69, 9.17) is 16.3 Å². The van der Waals surface area contributed by atoms with Crippen molar-refractivity contribution in [2.75, 3.05) is 12.0 Å². The molecule has 0 aliphatic carbocycles. The molecule has 1 amide bonds. The molecule has 1 heterocycles. The lowest BCUT2D eigenvalue weighted by atomic mass is 10.0. The summed E-state index contributed by atoms with van der Waals surface area (Å²) in [5.41, 5.74) is 6.75. The van der Waals surface area contributed by atoms with Crippen molar-refractivity contribution < 1.29 is 14.3 Å². The van der Waals surface area contributed by atoms with Crippen LogP contribution in [-0.2, 0) is 23.1 Å². The molecule has 0 spiro atoms. The molecule has 0 unspecified atom stereocenters. The van der Waals surface area contributed by atoms with E-state index in [9.17, 15) is 9.59 Å². The van der Waals surface area contributed by atoms with Crippen LogP contribution < -0.4 is 4.90 Å². The Morgan fingerprint density at radius 1 is 0.949 bits per heavy atom. The number of methoxy groups -OCH3 is 1. The summed E-state index contributed by atoms with van der Waals surface area (Å²) in [5.74, 6) is -0.614. The fraction of sp³-hybridized carbons (Fsp3) is 0.0938. The van der Waals surface area contributed by atoms with Crippen LogP contribution in [0.5, 0.6) is 0 Å². The topological polar surface area (TPSA) is 64.4 Å². The van der Waals surface area contributed by atoms with E-state index < -0.39 is 5.97 Å². The predicted octanol–water partition coefficient (Wildman–Crippen LogP) is 6.93. The molecule has 0 radical (unpaired) electrons. The summed E-state index contributed by atoms with van der Waals surface area (Å²) in [6.45, 7) is 0.260. The van der Waals surface area contributed by atoms with Crippen LogP contribution in [0.15, 0.2) is 103 Å². The average molecular weight is 536 g/mol. The number of anilines is 1. The molecule has 0 bridgehead atoms. The van der Waals surface area contributed by atoms with E-state index in [0.717, 1.165) is 33.3 Å². The summed E-state index contributed by atoms with van der Waals surface area (Å²) < 4.78 is 6.67. The van der Waals surface area contributed by atoms with Crippen LogP contribution in [0.2, 0.25) is 5.02 Å². The quantitative estimate of drug-likeness (QED) is 0.167. The third-order valence-corrected chi connectivity index (χ3v) is 6.85. The Hall–Kier alpha value is -4.68. The lowest BCUT2D eigenvalue weighted by Gasteiger charge is -2.24. The Balaban J connectivity index is 1.48. The first-order valence-corrected chi connectivity index (χ1v) is 12.7. The number of amides is 1. The number of imidazole rings is 1. The van der Waals surface area contributed by atoms with E-state index in [1.54, 1.807) is 29.4 Å². The first kappa shape index (κ1) is 25.9. The van der Waals surface area contributed by atoms with E-state index in [1.807, 2.05) is 90.5 Å². The highest BCUT2D eigenvalue weighted by Crippen LogP contribution is 2.30. The second kappa shape index (κ2) is 11.4.